The van der Waals surface area contributed by atoms with Gasteiger partial charge < -0.3 is 0 Å². The third kappa shape index (κ3) is 1.84. The average molecular weight is 204 g/mol. The lowest BCUT2D eigenvalue weighted by molar-refractivity contribution is -0.731. The standard InChI is InChI=1S/C13H15FN/c1-13(2,3)15-9-11(14)8-10-6-4-5-7-12(10)15/h4-9H,1-3H3/q+1. The van der Waals surface area contributed by atoms with Crippen molar-refractivity contribution in [1.82, 2.24) is 0 Å². The molecule has 0 aliphatic heterocycles. The van der Waals surface area contributed by atoms with E-state index >= 15 is 0 Å². The smallest absolute Gasteiger partial charge is 0.200 e. The van der Waals surface area contributed by atoms with E-state index in [1.807, 2.05) is 28.8 Å². The van der Waals surface area contributed by atoms with Gasteiger partial charge in [0.1, 0.15) is 0 Å². The highest BCUT2D eigenvalue weighted by Gasteiger charge is 2.25. The zero-order valence-electron chi connectivity index (χ0n) is 9.29. The molecule has 0 fully saturated rings. The van der Waals surface area contributed by atoms with E-state index in [1.165, 1.54) is 0 Å². The Morgan fingerprint density at radius 2 is 1.80 bits per heavy atom. The largest absolute Gasteiger partial charge is 0.213 e. The number of halogens is 1. The third-order valence-corrected chi connectivity index (χ3v) is 2.46. The minimum Gasteiger partial charge on any atom is -0.200 e. The molecule has 0 saturated heterocycles. The van der Waals surface area contributed by atoms with Gasteiger partial charge in [0, 0.05) is 32.2 Å². The van der Waals surface area contributed by atoms with Crippen LogP contribution in [0.2, 0.25) is 0 Å². The SMILES string of the molecule is CC(C)(C)[n+]1cc(F)cc2ccccc21. The van der Waals surface area contributed by atoms with Crippen LogP contribution in [-0.4, -0.2) is 0 Å². The summed E-state index contributed by atoms with van der Waals surface area (Å²) in [7, 11) is 0. The van der Waals surface area contributed by atoms with Crippen LogP contribution in [0, 0.1) is 5.82 Å². The molecule has 2 aromatic rings. The number of pyridine rings is 1. The number of para-hydroxylation sites is 1. The van der Waals surface area contributed by atoms with Crippen molar-refractivity contribution in [2.45, 2.75) is 26.3 Å². The Kier molecular flexibility index (Phi) is 2.22. The molecule has 0 atom stereocenters. The van der Waals surface area contributed by atoms with Crippen LogP contribution in [0.25, 0.3) is 10.9 Å². The summed E-state index contributed by atoms with van der Waals surface area (Å²) >= 11 is 0. The molecule has 2 heteroatoms. The van der Waals surface area contributed by atoms with Crippen molar-refractivity contribution < 1.29 is 8.96 Å². The highest BCUT2D eigenvalue weighted by atomic mass is 19.1. The van der Waals surface area contributed by atoms with Gasteiger partial charge in [-0.05, 0) is 12.1 Å². The summed E-state index contributed by atoms with van der Waals surface area (Å²) in [4.78, 5) is 0. The normalized spacial score (nSPS) is 12.0. The first-order chi connectivity index (χ1) is 6.98. The van der Waals surface area contributed by atoms with Crippen molar-refractivity contribution in [2.24, 2.45) is 0 Å². The van der Waals surface area contributed by atoms with Crippen molar-refractivity contribution in [1.29, 1.82) is 0 Å². The number of benzene rings is 1. The van der Waals surface area contributed by atoms with E-state index < -0.39 is 0 Å². The van der Waals surface area contributed by atoms with Crippen molar-refractivity contribution in [3.63, 3.8) is 0 Å². The molecular formula is C13H15FN+. The minimum atomic E-state index is -0.191. The fraction of sp³-hybridized carbons (Fsp3) is 0.308. The van der Waals surface area contributed by atoms with Crippen LogP contribution < -0.4 is 4.57 Å². The summed E-state index contributed by atoms with van der Waals surface area (Å²) < 4.78 is 15.4. The van der Waals surface area contributed by atoms with Crippen LogP contribution in [0.15, 0.2) is 36.5 Å². The molecule has 1 aromatic heterocycles. The Morgan fingerprint density at radius 1 is 1.13 bits per heavy atom. The zero-order valence-corrected chi connectivity index (χ0v) is 9.29. The lowest BCUT2D eigenvalue weighted by Crippen LogP contribution is -2.50. The number of aromatic nitrogens is 1. The molecule has 2 rings (SSSR count). The lowest BCUT2D eigenvalue weighted by Gasteiger charge is -2.14. The maximum absolute atomic E-state index is 13.4. The monoisotopic (exact) mass is 204 g/mol. The molecule has 78 valence electrons. The van der Waals surface area contributed by atoms with Gasteiger partial charge in [-0.15, -0.1) is 0 Å². The van der Waals surface area contributed by atoms with Crippen LogP contribution in [0.1, 0.15) is 20.8 Å². The van der Waals surface area contributed by atoms with Gasteiger partial charge in [-0.3, -0.25) is 0 Å². The topological polar surface area (TPSA) is 3.88 Å². The van der Waals surface area contributed by atoms with E-state index in [-0.39, 0.29) is 11.4 Å². The second-order valence-corrected chi connectivity index (χ2v) is 4.76. The Bertz CT molecular complexity index is 497. The Balaban J connectivity index is 2.83. The number of fused-ring (bicyclic) bond motifs is 1. The highest BCUT2D eigenvalue weighted by Crippen LogP contribution is 2.15. The highest BCUT2D eigenvalue weighted by molar-refractivity contribution is 5.75. The molecule has 0 aliphatic carbocycles. The second kappa shape index (κ2) is 3.30. The first-order valence-electron chi connectivity index (χ1n) is 5.09. The Labute approximate surface area is 89.2 Å². The molecule has 0 amide bonds. The molecule has 1 nitrogen and oxygen atoms in total. The van der Waals surface area contributed by atoms with Crippen molar-refractivity contribution >= 4 is 10.9 Å². The molecule has 0 saturated carbocycles. The second-order valence-electron chi connectivity index (χ2n) is 4.76. The molecule has 0 aliphatic rings. The molecule has 0 unspecified atom stereocenters. The Hall–Kier alpha value is -1.44. The first kappa shape index (κ1) is 10.1. The number of hydrogen-bond donors (Lipinski definition) is 0. The number of rotatable bonds is 0. The minimum absolute atomic E-state index is 0.109. The Morgan fingerprint density at radius 3 is 2.47 bits per heavy atom. The van der Waals surface area contributed by atoms with Gasteiger partial charge in [0.05, 0.1) is 0 Å². The third-order valence-electron chi connectivity index (χ3n) is 2.46. The summed E-state index contributed by atoms with van der Waals surface area (Å²) in [6.07, 6.45) is 1.56. The zero-order chi connectivity index (χ0) is 11.1. The predicted molar refractivity (Wildman–Crippen MR) is 59.1 cm³/mol. The molecule has 1 aromatic carbocycles. The lowest BCUT2D eigenvalue weighted by atomic mass is 10.1. The van der Waals surface area contributed by atoms with E-state index in [1.54, 1.807) is 12.3 Å². The van der Waals surface area contributed by atoms with E-state index in [2.05, 4.69) is 20.8 Å². The summed E-state index contributed by atoms with van der Waals surface area (Å²) in [6.45, 7) is 6.20. The first-order valence-corrected chi connectivity index (χ1v) is 5.09. The number of nitrogens with zero attached hydrogens (tertiary/aromatic N) is 1. The average Bonchev–Trinajstić information content (AvgIpc) is 2.15. The molecule has 1 heterocycles. The maximum Gasteiger partial charge on any atom is 0.213 e. The maximum atomic E-state index is 13.4. The van der Waals surface area contributed by atoms with Gasteiger partial charge in [0.2, 0.25) is 11.7 Å². The fourth-order valence-corrected chi connectivity index (χ4v) is 1.76. The van der Waals surface area contributed by atoms with Crippen LogP contribution in [-0.2, 0) is 5.54 Å². The van der Waals surface area contributed by atoms with Gasteiger partial charge in [0.25, 0.3) is 0 Å². The van der Waals surface area contributed by atoms with E-state index in [4.69, 9.17) is 0 Å². The van der Waals surface area contributed by atoms with Gasteiger partial charge >= 0.3 is 0 Å². The van der Waals surface area contributed by atoms with Gasteiger partial charge in [-0.2, -0.15) is 4.57 Å². The van der Waals surface area contributed by atoms with Crippen LogP contribution in [0.3, 0.4) is 0 Å². The van der Waals surface area contributed by atoms with Crippen molar-refractivity contribution in [3.8, 4) is 0 Å². The molecular weight excluding hydrogens is 189 g/mol. The molecule has 15 heavy (non-hydrogen) atoms. The summed E-state index contributed by atoms with van der Waals surface area (Å²) in [5.41, 5.74) is 0.952. The van der Waals surface area contributed by atoms with Gasteiger partial charge in [-0.25, -0.2) is 4.39 Å². The quantitative estimate of drug-likeness (QED) is 0.581. The van der Waals surface area contributed by atoms with Crippen LogP contribution in [0.5, 0.6) is 0 Å². The number of hydrogen-bond acceptors (Lipinski definition) is 0. The molecule has 0 spiro atoms. The van der Waals surface area contributed by atoms with E-state index in [0.717, 1.165) is 10.9 Å². The summed E-state index contributed by atoms with van der Waals surface area (Å²) in [5, 5.41) is 0.937. The van der Waals surface area contributed by atoms with E-state index in [0.29, 0.717) is 0 Å². The van der Waals surface area contributed by atoms with Crippen LogP contribution >= 0.6 is 0 Å². The fourth-order valence-electron chi connectivity index (χ4n) is 1.76. The molecule has 0 N–H and O–H groups in total. The van der Waals surface area contributed by atoms with Crippen LogP contribution in [0.4, 0.5) is 4.39 Å². The predicted octanol–water partition coefficient (Wildman–Crippen LogP) is 3.02. The summed E-state index contributed by atoms with van der Waals surface area (Å²) in [5.74, 6) is -0.191. The van der Waals surface area contributed by atoms with Crippen molar-refractivity contribution in [2.75, 3.05) is 0 Å². The summed E-state index contributed by atoms with van der Waals surface area (Å²) in [6, 6.07) is 9.41. The van der Waals surface area contributed by atoms with Crippen molar-refractivity contribution in [3.05, 3.63) is 42.3 Å². The van der Waals surface area contributed by atoms with Gasteiger partial charge in [0.15, 0.2) is 11.4 Å². The van der Waals surface area contributed by atoms with Gasteiger partial charge in [-0.1, -0.05) is 12.1 Å². The molecule has 0 radical (unpaired) electrons. The van der Waals surface area contributed by atoms with E-state index in [9.17, 15) is 4.39 Å². The molecule has 0 bridgehead atoms.